The molecule has 5 aromatic rings. The Balaban J connectivity index is 0.00000245. The number of hydrogen-bond acceptors (Lipinski definition) is 2. The van der Waals surface area contributed by atoms with Crippen molar-refractivity contribution in [3.05, 3.63) is 127 Å². The zero-order valence-corrected chi connectivity index (χ0v) is 17.5. The summed E-state index contributed by atoms with van der Waals surface area (Å²) in [6.45, 7) is 0. The van der Waals surface area contributed by atoms with E-state index < -0.39 is 0 Å². The molecule has 3 nitrogen and oxygen atoms in total. The minimum Gasteiger partial charge on any atom is -0.870 e. The summed E-state index contributed by atoms with van der Waals surface area (Å²) in [6, 6.07) is 43.2. The first-order valence-corrected chi connectivity index (χ1v) is 10.4. The summed E-state index contributed by atoms with van der Waals surface area (Å²) in [5.74, 6) is 0.257. The third-order valence-electron chi connectivity index (χ3n) is 5.42. The normalized spacial score (nSPS) is 10.4. The monoisotopic (exact) mass is 417 g/mol. The second kappa shape index (κ2) is 9.29. The molecule has 0 amide bonds. The number of aromatic hydroxyl groups is 1. The smallest absolute Gasteiger partial charge is 0.219 e. The lowest BCUT2D eigenvalue weighted by atomic mass is 9.98. The minimum absolute atomic E-state index is 0. The number of pyridine rings is 1. The Morgan fingerprint density at radius 2 is 0.844 bits per heavy atom. The van der Waals surface area contributed by atoms with Crippen LogP contribution in [0.3, 0.4) is 0 Å². The molecule has 156 valence electrons. The highest BCUT2D eigenvalue weighted by Gasteiger charge is 2.24. The number of aromatic nitrogens is 1. The maximum absolute atomic E-state index is 9.86. The Morgan fingerprint density at radius 3 is 1.28 bits per heavy atom. The van der Waals surface area contributed by atoms with Gasteiger partial charge in [0.2, 0.25) is 17.1 Å². The molecule has 1 aromatic heterocycles. The predicted octanol–water partition coefficient (Wildman–Crippen LogP) is 6.49. The van der Waals surface area contributed by atoms with Crippen molar-refractivity contribution in [3.8, 4) is 45.1 Å². The fourth-order valence-electron chi connectivity index (χ4n) is 3.91. The lowest BCUT2D eigenvalue weighted by molar-refractivity contribution is -0.572. The van der Waals surface area contributed by atoms with Crippen molar-refractivity contribution in [2.75, 3.05) is 0 Å². The van der Waals surface area contributed by atoms with Crippen molar-refractivity contribution in [2.45, 2.75) is 0 Å². The van der Waals surface area contributed by atoms with Gasteiger partial charge in [0.1, 0.15) is 5.75 Å². The molecule has 0 aliphatic carbocycles. The summed E-state index contributed by atoms with van der Waals surface area (Å²) in [4.78, 5) is 0. The first-order chi connectivity index (χ1) is 15.3. The van der Waals surface area contributed by atoms with E-state index in [2.05, 4.69) is 89.5 Å². The van der Waals surface area contributed by atoms with Crippen molar-refractivity contribution in [1.29, 1.82) is 0 Å². The van der Waals surface area contributed by atoms with Crippen LogP contribution in [-0.4, -0.2) is 10.6 Å². The van der Waals surface area contributed by atoms with E-state index in [0.717, 1.165) is 33.8 Å². The summed E-state index contributed by atoms with van der Waals surface area (Å²) in [6.07, 6.45) is 0. The molecule has 0 bridgehead atoms. The SMILES string of the molecule is Oc1ccc(-[n+]2c(-c3ccccc3)cc(-c3ccccc3)cc2-c2ccccc2)cc1.[OH-]. The second-order valence-corrected chi connectivity index (χ2v) is 7.46. The molecular weight excluding hydrogens is 394 g/mol. The molecule has 32 heavy (non-hydrogen) atoms. The zero-order valence-electron chi connectivity index (χ0n) is 17.5. The zero-order chi connectivity index (χ0) is 21.0. The van der Waals surface area contributed by atoms with Crippen LogP contribution in [0.4, 0.5) is 0 Å². The molecule has 2 N–H and O–H groups in total. The van der Waals surface area contributed by atoms with Crippen LogP contribution >= 0.6 is 0 Å². The molecule has 0 aliphatic rings. The van der Waals surface area contributed by atoms with E-state index in [1.165, 1.54) is 5.56 Å². The van der Waals surface area contributed by atoms with E-state index in [9.17, 15) is 5.11 Å². The van der Waals surface area contributed by atoms with Crippen LogP contribution in [0.2, 0.25) is 0 Å². The number of hydrogen-bond donors (Lipinski definition) is 1. The lowest BCUT2D eigenvalue weighted by Gasteiger charge is -2.12. The highest BCUT2D eigenvalue weighted by molar-refractivity contribution is 5.74. The van der Waals surface area contributed by atoms with Gasteiger partial charge in [-0.3, -0.25) is 0 Å². The molecule has 1 heterocycles. The molecule has 0 aliphatic heterocycles. The van der Waals surface area contributed by atoms with Gasteiger partial charge in [0, 0.05) is 35.4 Å². The molecule has 0 atom stereocenters. The van der Waals surface area contributed by atoms with Gasteiger partial charge in [0.25, 0.3) is 0 Å². The van der Waals surface area contributed by atoms with Crippen LogP contribution in [0.15, 0.2) is 127 Å². The molecule has 0 saturated carbocycles. The molecule has 0 spiro atoms. The van der Waals surface area contributed by atoms with Gasteiger partial charge in [0.05, 0.1) is 0 Å². The largest absolute Gasteiger partial charge is 0.870 e. The van der Waals surface area contributed by atoms with Crippen molar-refractivity contribution in [3.63, 3.8) is 0 Å². The van der Waals surface area contributed by atoms with Crippen LogP contribution < -0.4 is 4.57 Å². The molecule has 0 unspecified atom stereocenters. The summed E-state index contributed by atoms with van der Waals surface area (Å²) in [7, 11) is 0. The van der Waals surface area contributed by atoms with Crippen LogP contribution in [-0.2, 0) is 0 Å². The fraction of sp³-hybridized carbons (Fsp3) is 0. The third-order valence-corrected chi connectivity index (χ3v) is 5.42. The van der Waals surface area contributed by atoms with Crippen molar-refractivity contribution in [2.24, 2.45) is 0 Å². The topological polar surface area (TPSA) is 54.1 Å². The van der Waals surface area contributed by atoms with Crippen molar-refractivity contribution < 1.29 is 15.1 Å². The summed E-state index contributed by atoms with van der Waals surface area (Å²) in [5.41, 5.74) is 7.77. The number of phenols is 1. The van der Waals surface area contributed by atoms with Gasteiger partial charge in [-0.2, -0.15) is 4.57 Å². The van der Waals surface area contributed by atoms with Gasteiger partial charge >= 0.3 is 0 Å². The maximum atomic E-state index is 9.86. The van der Waals surface area contributed by atoms with Gasteiger partial charge in [-0.05, 0) is 47.5 Å². The Morgan fingerprint density at radius 1 is 0.438 bits per heavy atom. The quantitative estimate of drug-likeness (QED) is 0.340. The Kier molecular flexibility index (Phi) is 6.11. The van der Waals surface area contributed by atoms with Gasteiger partial charge in [-0.15, -0.1) is 0 Å². The van der Waals surface area contributed by atoms with E-state index in [0.29, 0.717) is 0 Å². The van der Waals surface area contributed by atoms with Crippen molar-refractivity contribution in [1.82, 2.24) is 0 Å². The highest BCUT2D eigenvalue weighted by atomic mass is 16.3. The highest BCUT2D eigenvalue weighted by Crippen LogP contribution is 2.30. The summed E-state index contributed by atoms with van der Waals surface area (Å²) < 4.78 is 2.26. The first kappa shape index (κ1) is 21.0. The van der Waals surface area contributed by atoms with Gasteiger partial charge in [-0.1, -0.05) is 66.7 Å². The molecule has 4 aromatic carbocycles. The maximum Gasteiger partial charge on any atom is 0.219 e. The number of benzene rings is 4. The Hall–Kier alpha value is -4.21. The molecule has 3 heteroatoms. The van der Waals surface area contributed by atoms with Crippen LogP contribution in [0.25, 0.3) is 39.3 Å². The van der Waals surface area contributed by atoms with Gasteiger partial charge in [0.15, 0.2) is 0 Å². The van der Waals surface area contributed by atoms with Crippen molar-refractivity contribution >= 4 is 0 Å². The van der Waals surface area contributed by atoms with E-state index in [1.54, 1.807) is 12.1 Å². The van der Waals surface area contributed by atoms with Crippen LogP contribution in [0.1, 0.15) is 0 Å². The average Bonchev–Trinajstić information content (AvgIpc) is 2.85. The molecule has 5 rings (SSSR count). The predicted molar refractivity (Wildman–Crippen MR) is 128 cm³/mol. The average molecular weight is 418 g/mol. The number of rotatable bonds is 4. The number of phenolic OH excluding ortho intramolecular Hbond substituents is 1. The first-order valence-electron chi connectivity index (χ1n) is 10.4. The van der Waals surface area contributed by atoms with Gasteiger partial charge < -0.3 is 10.6 Å². The Labute approximate surface area is 187 Å². The summed E-state index contributed by atoms with van der Waals surface area (Å²) >= 11 is 0. The van der Waals surface area contributed by atoms with Crippen LogP contribution in [0.5, 0.6) is 5.75 Å². The fourth-order valence-corrected chi connectivity index (χ4v) is 3.91. The Bertz CT molecular complexity index is 1240. The summed E-state index contributed by atoms with van der Waals surface area (Å²) in [5, 5.41) is 9.86. The molecule has 0 radical (unpaired) electrons. The minimum atomic E-state index is 0. The molecular formula is C29H23NO2. The number of nitrogens with zero attached hydrogens (tertiary/aromatic N) is 1. The standard InChI is InChI=1S/C29H21NO.H2O/c31-27-18-16-26(17-19-27)30-28(23-12-6-2-7-13-23)20-25(22-10-4-1-5-11-22)21-29(30)24-14-8-3-9-15-24;/h1-21H;1H2. The van der Waals surface area contributed by atoms with Gasteiger partial charge in [-0.25, -0.2) is 0 Å². The van der Waals surface area contributed by atoms with E-state index in [-0.39, 0.29) is 11.2 Å². The van der Waals surface area contributed by atoms with E-state index in [4.69, 9.17) is 0 Å². The molecule has 0 saturated heterocycles. The third kappa shape index (κ3) is 4.15. The van der Waals surface area contributed by atoms with E-state index >= 15 is 0 Å². The lowest BCUT2D eigenvalue weighted by Crippen LogP contribution is -2.36. The van der Waals surface area contributed by atoms with E-state index in [1.807, 2.05) is 30.3 Å². The second-order valence-electron chi connectivity index (χ2n) is 7.46. The van der Waals surface area contributed by atoms with Crippen LogP contribution in [0, 0.1) is 0 Å². The molecule has 0 fully saturated rings.